The highest BCUT2D eigenvalue weighted by atomic mass is 16.2. The smallest absolute Gasteiger partial charge is 0.237 e. The third-order valence-electron chi connectivity index (χ3n) is 6.66. The topological polar surface area (TPSA) is 45.2 Å². The number of fused-ring (bicyclic) bond motifs is 1. The standard InChI is InChI=1S/C24H31N3O/c1-3-17(4-2)23-24(28)26-22(16-27(23)15-21-11-7-8-12-25-21)20-13-18-9-5-6-10-19(18)14-20/h5-12,17,20,22-23H,3-4,13-16H2,1-2H3,(H,26,28)/t22-,23+/m0/s1. The quantitative estimate of drug-likeness (QED) is 0.837. The average molecular weight is 378 g/mol. The number of benzene rings is 1. The minimum absolute atomic E-state index is 0.0583. The first-order valence-corrected chi connectivity index (χ1v) is 10.7. The van der Waals surface area contributed by atoms with E-state index in [0.717, 1.165) is 44.5 Å². The van der Waals surface area contributed by atoms with E-state index in [0.29, 0.717) is 11.8 Å². The van der Waals surface area contributed by atoms with Gasteiger partial charge in [-0.25, -0.2) is 0 Å². The number of pyridine rings is 1. The van der Waals surface area contributed by atoms with Crippen molar-refractivity contribution in [2.24, 2.45) is 11.8 Å². The molecule has 0 spiro atoms. The Bertz CT molecular complexity index is 778. The molecule has 2 aromatic rings. The molecular formula is C24H31N3O. The summed E-state index contributed by atoms with van der Waals surface area (Å²) in [5, 5.41) is 3.41. The number of piperazine rings is 1. The molecule has 0 radical (unpaired) electrons. The van der Waals surface area contributed by atoms with E-state index in [9.17, 15) is 4.79 Å². The molecule has 2 aliphatic rings. The van der Waals surface area contributed by atoms with Gasteiger partial charge in [0.1, 0.15) is 0 Å². The van der Waals surface area contributed by atoms with Crippen LogP contribution in [0.15, 0.2) is 48.7 Å². The number of hydrogen-bond acceptors (Lipinski definition) is 3. The predicted octanol–water partition coefficient (Wildman–Crippen LogP) is 3.60. The lowest BCUT2D eigenvalue weighted by molar-refractivity contribution is -0.134. The average Bonchev–Trinajstić information content (AvgIpc) is 3.15. The second kappa shape index (κ2) is 8.44. The van der Waals surface area contributed by atoms with Crippen LogP contribution >= 0.6 is 0 Å². The van der Waals surface area contributed by atoms with Crippen LogP contribution in [-0.2, 0) is 24.2 Å². The van der Waals surface area contributed by atoms with Crippen LogP contribution in [0.4, 0.5) is 0 Å². The lowest BCUT2D eigenvalue weighted by Crippen LogP contribution is -2.63. The Morgan fingerprint density at radius 3 is 2.36 bits per heavy atom. The lowest BCUT2D eigenvalue weighted by atomic mass is 9.86. The molecule has 1 fully saturated rings. The molecule has 4 rings (SSSR count). The third-order valence-corrected chi connectivity index (χ3v) is 6.66. The fourth-order valence-electron chi connectivity index (χ4n) is 5.10. The highest BCUT2D eigenvalue weighted by molar-refractivity contribution is 5.83. The van der Waals surface area contributed by atoms with E-state index in [4.69, 9.17) is 0 Å². The van der Waals surface area contributed by atoms with E-state index in [2.05, 4.69) is 59.4 Å². The summed E-state index contributed by atoms with van der Waals surface area (Å²) in [4.78, 5) is 20.1. The molecule has 1 N–H and O–H groups in total. The molecule has 28 heavy (non-hydrogen) atoms. The van der Waals surface area contributed by atoms with Gasteiger partial charge >= 0.3 is 0 Å². The van der Waals surface area contributed by atoms with E-state index in [1.54, 1.807) is 0 Å². The summed E-state index contributed by atoms with van der Waals surface area (Å²) >= 11 is 0. The maximum Gasteiger partial charge on any atom is 0.237 e. The van der Waals surface area contributed by atoms with E-state index in [-0.39, 0.29) is 18.0 Å². The summed E-state index contributed by atoms with van der Waals surface area (Å²) in [5.74, 6) is 1.07. The number of nitrogens with one attached hydrogen (secondary N) is 1. The fraction of sp³-hybridized carbons (Fsp3) is 0.500. The summed E-state index contributed by atoms with van der Waals surface area (Å²) < 4.78 is 0. The fourth-order valence-corrected chi connectivity index (χ4v) is 5.10. The molecule has 1 aromatic heterocycles. The molecule has 1 aliphatic heterocycles. The van der Waals surface area contributed by atoms with Crippen molar-refractivity contribution in [3.05, 3.63) is 65.5 Å². The Balaban J connectivity index is 1.55. The highest BCUT2D eigenvalue weighted by Crippen LogP contribution is 2.32. The molecular weight excluding hydrogens is 346 g/mol. The zero-order chi connectivity index (χ0) is 19.5. The Morgan fingerprint density at radius 2 is 1.75 bits per heavy atom. The molecule has 2 heterocycles. The SMILES string of the molecule is CCC(CC)[C@@H]1C(=O)N[C@H](C2Cc3ccccc3C2)CN1Cc1ccccn1. The summed E-state index contributed by atoms with van der Waals surface area (Å²) in [5.41, 5.74) is 3.93. The number of rotatable bonds is 6. The van der Waals surface area contributed by atoms with Gasteiger partial charge in [-0.15, -0.1) is 0 Å². The molecule has 0 saturated carbocycles. The van der Waals surface area contributed by atoms with Crippen molar-refractivity contribution in [2.75, 3.05) is 6.54 Å². The van der Waals surface area contributed by atoms with Crippen LogP contribution in [0.25, 0.3) is 0 Å². The Morgan fingerprint density at radius 1 is 1.07 bits per heavy atom. The van der Waals surface area contributed by atoms with Crippen molar-refractivity contribution in [1.82, 2.24) is 15.2 Å². The first-order chi connectivity index (χ1) is 13.7. The normalized spacial score (nSPS) is 23.0. The van der Waals surface area contributed by atoms with Gasteiger partial charge in [-0.1, -0.05) is 57.0 Å². The van der Waals surface area contributed by atoms with Gasteiger partial charge in [0.25, 0.3) is 0 Å². The van der Waals surface area contributed by atoms with Crippen molar-refractivity contribution in [1.29, 1.82) is 0 Å². The molecule has 1 aromatic carbocycles. The van der Waals surface area contributed by atoms with Gasteiger partial charge in [-0.05, 0) is 47.9 Å². The van der Waals surface area contributed by atoms with Gasteiger partial charge in [0.2, 0.25) is 5.91 Å². The van der Waals surface area contributed by atoms with Crippen molar-refractivity contribution >= 4 is 5.91 Å². The molecule has 1 aliphatic carbocycles. The zero-order valence-electron chi connectivity index (χ0n) is 17.0. The minimum Gasteiger partial charge on any atom is -0.350 e. The van der Waals surface area contributed by atoms with Gasteiger partial charge in [0.15, 0.2) is 0 Å². The van der Waals surface area contributed by atoms with Crippen LogP contribution in [0.3, 0.4) is 0 Å². The largest absolute Gasteiger partial charge is 0.350 e. The first kappa shape index (κ1) is 19.1. The van der Waals surface area contributed by atoms with Gasteiger partial charge in [-0.3, -0.25) is 14.7 Å². The predicted molar refractivity (Wildman–Crippen MR) is 112 cm³/mol. The molecule has 148 valence electrons. The van der Waals surface area contributed by atoms with Gasteiger partial charge in [0.05, 0.1) is 11.7 Å². The Hall–Kier alpha value is -2.20. The van der Waals surface area contributed by atoms with Crippen molar-refractivity contribution in [3.63, 3.8) is 0 Å². The molecule has 1 amide bonds. The molecule has 4 heteroatoms. The van der Waals surface area contributed by atoms with E-state index in [1.165, 1.54) is 11.1 Å². The molecule has 0 unspecified atom stereocenters. The van der Waals surface area contributed by atoms with Gasteiger partial charge < -0.3 is 5.32 Å². The molecule has 4 nitrogen and oxygen atoms in total. The highest BCUT2D eigenvalue weighted by Gasteiger charge is 2.41. The zero-order valence-corrected chi connectivity index (χ0v) is 17.0. The minimum atomic E-state index is -0.0583. The van der Waals surface area contributed by atoms with E-state index < -0.39 is 0 Å². The van der Waals surface area contributed by atoms with Gasteiger partial charge in [-0.2, -0.15) is 0 Å². The monoisotopic (exact) mass is 377 g/mol. The second-order valence-electron chi connectivity index (χ2n) is 8.32. The number of amides is 1. The van der Waals surface area contributed by atoms with E-state index >= 15 is 0 Å². The number of carbonyl (C=O) groups is 1. The number of nitrogens with zero attached hydrogens (tertiary/aromatic N) is 2. The van der Waals surface area contributed by atoms with Crippen molar-refractivity contribution in [2.45, 2.75) is 58.2 Å². The van der Waals surface area contributed by atoms with Crippen LogP contribution in [0.2, 0.25) is 0 Å². The molecule has 0 bridgehead atoms. The van der Waals surface area contributed by atoms with E-state index in [1.807, 2.05) is 18.3 Å². The molecule has 1 saturated heterocycles. The lowest BCUT2D eigenvalue weighted by Gasteiger charge is -2.44. The maximum absolute atomic E-state index is 13.2. The third kappa shape index (κ3) is 3.83. The number of hydrogen-bond donors (Lipinski definition) is 1. The maximum atomic E-state index is 13.2. The Kier molecular flexibility index (Phi) is 5.77. The number of aromatic nitrogens is 1. The van der Waals surface area contributed by atoms with Crippen LogP contribution in [0, 0.1) is 11.8 Å². The van der Waals surface area contributed by atoms with Crippen LogP contribution in [0.5, 0.6) is 0 Å². The Labute approximate surface area is 168 Å². The second-order valence-corrected chi connectivity index (χ2v) is 8.32. The first-order valence-electron chi connectivity index (χ1n) is 10.7. The van der Waals surface area contributed by atoms with Gasteiger partial charge in [0, 0.05) is 25.3 Å². The van der Waals surface area contributed by atoms with Crippen LogP contribution in [0.1, 0.15) is 43.5 Å². The summed E-state index contributed by atoms with van der Waals surface area (Å²) in [7, 11) is 0. The van der Waals surface area contributed by atoms with Crippen molar-refractivity contribution in [3.8, 4) is 0 Å². The number of carbonyl (C=O) groups excluding carboxylic acids is 1. The van der Waals surface area contributed by atoms with Crippen molar-refractivity contribution < 1.29 is 4.79 Å². The summed E-state index contributed by atoms with van der Waals surface area (Å²) in [6.45, 7) is 6.04. The van der Waals surface area contributed by atoms with Crippen LogP contribution in [-0.4, -0.2) is 34.4 Å². The van der Waals surface area contributed by atoms with Crippen LogP contribution < -0.4 is 5.32 Å². The summed E-state index contributed by atoms with van der Waals surface area (Å²) in [6.07, 6.45) is 6.01. The summed E-state index contributed by atoms with van der Waals surface area (Å²) in [6, 6.07) is 14.9. The molecule has 2 atom stereocenters.